The number of carbonyl (C=O) groups is 1. The van der Waals surface area contributed by atoms with Crippen molar-refractivity contribution < 1.29 is 19.9 Å². The summed E-state index contributed by atoms with van der Waals surface area (Å²) in [6.07, 6.45) is 1.93. The Kier molecular flexibility index (Phi) is 5.99. The Bertz CT molecular complexity index is 1340. The molecule has 1 amide bonds. The number of hydrogen-bond donors (Lipinski definition) is 3. The van der Waals surface area contributed by atoms with E-state index in [4.69, 9.17) is 0 Å². The van der Waals surface area contributed by atoms with E-state index in [-0.39, 0.29) is 6.04 Å². The average Bonchev–Trinajstić information content (AvgIpc) is 3.53. The van der Waals surface area contributed by atoms with E-state index in [0.717, 1.165) is 38.5 Å². The van der Waals surface area contributed by atoms with E-state index in [0.29, 0.717) is 18.8 Å². The minimum Gasteiger partial charge on any atom is -0.432 e. The molecule has 0 spiro atoms. The predicted molar refractivity (Wildman–Crippen MR) is 133 cm³/mol. The van der Waals surface area contributed by atoms with Gasteiger partial charge in [-0.2, -0.15) is 10.0 Å². The van der Waals surface area contributed by atoms with Crippen LogP contribution >= 0.6 is 15.9 Å². The van der Waals surface area contributed by atoms with Crippen LogP contribution in [0.1, 0.15) is 43.2 Å². The van der Waals surface area contributed by atoms with Crippen LogP contribution in [0.5, 0.6) is 0 Å². The topological polar surface area (TPSA) is 89.4 Å². The summed E-state index contributed by atoms with van der Waals surface area (Å²) in [7, 11) is 0. The molecule has 0 aliphatic carbocycles. The second kappa shape index (κ2) is 8.96. The van der Waals surface area contributed by atoms with Crippen LogP contribution in [-0.2, 0) is 0 Å². The molecule has 8 heteroatoms. The lowest BCUT2D eigenvalue weighted by Gasteiger charge is -2.38. The number of aromatic nitrogens is 2. The fourth-order valence-electron chi connectivity index (χ4n) is 4.87. The third-order valence-corrected chi connectivity index (χ3v) is 7.24. The van der Waals surface area contributed by atoms with Gasteiger partial charge in [0, 0.05) is 20.4 Å². The van der Waals surface area contributed by atoms with Gasteiger partial charge >= 0.3 is 6.09 Å². The fourth-order valence-corrected chi connectivity index (χ4v) is 5.25. The largest absolute Gasteiger partial charge is 0.568 e. The molecule has 3 unspecified atom stereocenters. The molecule has 2 heterocycles. The second-order valence-electron chi connectivity index (χ2n) is 8.73. The average molecular weight is 522 g/mol. The second-order valence-corrected chi connectivity index (χ2v) is 9.64. The summed E-state index contributed by atoms with van der Waals surface area (Å²) in [5.74, 6) is 0.654. The molecular weight excluding hydrogens is 496 g/mol. The fraction of sp³-hybridized carbons (Fsp3) is 0.231. The lowest BCUT2D eigenvalue weighted by Crippen LogP contribution is -2.61. The monoisotopic (exact) mass is 521 g/mol. The van der Waals surface area contributed by atoms with E-state index in [1.165, 1.54) is 0 Å². The zero-order chi connectivity index (χ0) is 23.9. The molecule has 0 saturated carbocycles. The standard InChI is InChI=1S/C26H25BrN4O3/c1-17(18-6-3-2-4-7-18)31(34,26(32)33)30-13-5-8-24(30)25-28-16-23(29-25)21-10-9-20-15-22(27)12-11-19(20)14-21/h2-4,6-7,9-12,14-17,24,34H,5,8,13H2,1H3,(H-,28,29,32,33)/p+1. The third-order valence-electron chi connectivity index (χ3n) is 6.74. The summed E-state index contributed by atoms with van der Waals surface area (Å²) in [5.41, 5.74) is 2.61. The Morgan fingerprint density at radius 1 is 1.15 bits per heavy atom. The number of H-pyrrole nitrogens is 1. The highest BCUT2D eigenvalue weighted by Gasteiger charge is 2.54. The number of benzene rings is 3. The molecule has 1 saturated heterocycles. The molecule has 1 aliphatic rings. The van der Waals surface area contributed by atoms with Crippen molar-refractivity contribution in [2.75, 3.05) is 6.54 Å². The molecule has 4 aromatic rings. The van der Waals surface area contributed by atoms with Gasteiger partial charge in [0.2, 0.25) is 0 Å². The number of hydrogen-bond acceptors (Lipinski definition) is 4. The molecule has 1 aromatic heterocycles. The first-order valence-corrected chi connectivity index (χ1v) is 12.1. The Labute approximate surface area is 205 Å². The Morgan fingerprint density at radius 3 is 2.65 bits per heavy atom. The van der Waals surface area contributed by atoms with Crippen LogP contribution in [0.3, 0.4) is 0 Å². The molecule has 34 heavy (non-hydrogen) atoms. The summed E-state index contributed by atoms with van der Waals surface area (Å²) in [5, 5.41) is 25.5. The Morgan fingerprint density at radius 2 is 1.88 bits per heavy atom. The number of rotatable bonds is 5. The number of nitrogens with zero attached hydrogens (tertiary/aromatic N) is 3. The number of hydroxylamine groups is 2. The van der Waals surface area contributed by atoms with Crippen molar-refractivity contribution in [1.82, 2.24) is 15.0 Å². The Hall–Kier alpha value is -3.04. The van der Waals surface area contributed by atoms with E-state index in [2.05, 4.69) is 50.2 Å². The van der Waals surface area contributed by atoms with Crippen LogP contribution in [0.2, 0.25) is 0 Å². The third kappa shape index (κ3) is 3.92. The SMILES string of the molecule is CC(c1ccccc1)[N+](O)(C(=O)O)N1CCCC1c1ncc(-c2ccc3cc(Br)ccc3c2)[nH]1. The highest BCUT2D eigenvalue weighted by molar-refractivity contribution is 9.10. The molecule has 0 bridgehead atoms. The smallest absolute Gasteiger partial charge is 0.432 e. The molecule has 7 nitrogen and oxygen atoms in total. The van der Waals surface area contributed by atoms with Gasteiger partial charge in [-0.25, -0.2) is 4.98 Å². The number of nitrogens with one attached hydrogen (secondary N) is 1. The normalized spacial score (nSPS) is 19.2. The molecule has 0 radical (unpaired) electrons. The maximum Gasteiger partial charge on any atom is 0.568 e. The van der Waals surface area contributed by atoms with Gasteiger partial charge in [0.25, 0.3) is 0 Å². The van der Waals surface area contributed by atoms with Gasteiger partial charge < -0.3 is 10.1 Å². The van der Waals surface area contributed by atoms with E-state index in [1.54, 1.807) is 18.1 Å². The van der Waals surface area contributed by atoms with Gasteiger partial charge in [-0.05, 0) is 48.7 Å². The molecule has 5 rings (SSSR count). The van der Waals surface area contributed by atoms with Gasteiger partial charge in [-0.3, -0.25) is 0 Å². The first-order valence-electron chi connectivity index (χ1n) is 11.3. The van der Waals surface area contributed by atoms with Gasteiger partial charge in [-0.1, -0.05) is 64.5 Å². The van der Waals surface area contributed by atoms with Crippen LogP contribution < -0.4 is 0 Å². The van der Waals surface area contributed by atoms with E-state index >= 15 is 0 Å². The van der Waals surface area contributed by atoms with E-state index < -0.39 is 16.9 Å². The van der Waals surface area contributed by atoms with Gasteiger partial charge in [-0.15, -0.1) is 5.01 Å². The van der Waals surface area contributed by atoms with E-state index in [9.17, 15) is 15.1 Å². The summed E-state index contributed by atoms with van der Waals surface area (Å²) in [6.45, 7) is 2.19. The number of halogens is 1. The van der Waals surface area contributed by atoms with Crippen LogP contribution in [-0.4, -0.2) is 42.7 Å². The number of aromatic amines is 1. The number of amides is 1. The van der Waals surface area contributed by atoms with Crippen molar-refractivity contribution in [2.45, 2.75) is 31.8 Å². The minimum atomic E-state index is -1.31. The minimum absolute atomic E-state index is 0.350. The van der Waals surface area contributed by atoms with Crippen molar-refractivity contribution in [1.29, 1.82) is 0 Å². The van der Waals surface area contributed by atoms with Gasteiger partial charge in [0.15, 0.2) is 6.04 Å². The number of quaternary nitrogens is 1. The van der Waals surface area contributed by atoms with E-state index in [1.807, 2.05) is 42.5 Å². The molecule has 1 fully saturated rings. The molecule has 1 aliphatic heterocycles. The highest BCUT2D eigenvalue weighted by Crippen LogP contribution is 2.40. The summed E-state index contributed by atoms with van der Waals surface area (Å²) < 4.78 is -0.179. The molecular formula is C26H26BrN4O3+. The summed E-state index contributed by atoms with van der Waals surface area (Å²) >= 11 is 3.51. The van der Waals surface area contributed by atoms with Crippen LogP contribution in [0.4, 0.5) is 4.79 Å². The van der Waals surface area contributed by atoms with Crippen LogP contribution in [0.25, 0.3) is 22.0 Å². The summed E-state index contributed by atoms with van der Waals surface area (Å²) in [6, 6.07) is 20.6. The predicted octanol–water partition coefficient (Wildman–Crippen LogP) is 6.69. The molecule has 174 valence electrons. The van der Waals surface area contributed by atoms with Crippen LogP contribution in [0, 0.1) is 0 Å². The van der Waals surface area contributed by atoms with Gasteiger partial charge in [0.05, 0.1) is 18.4 Å². The van der Waals surface area contributed by atoms with Gasteiger partial charge in [0.1, 0.15) is 11.9 Å². The zero-order valence-electron chi connectivity index (χ0n) is 18.7. The highest BCUT2D eigenvalue weighted by atomic mass is 79.9. The lowest BCUT2D eigenvalue weighted by molar-refractivity contribution is -1.15. The first kappa shape index (κ1) is 22.7. The maximum atomic E-state index is 12.4. The first-order chi connectivity index (χ1) is 16.4. The maximum absolute atomic E-state index is 12.4. The number of imidazole rings is 1. The molecule has 3 N–H and O–H groups in total. The van der Waals surface area contributed by atoms with Crippen molar-refractivity contribution in [3.8, 4) is 11.3 Å². The molecule has 3 aromatic carbocycles. The van der Waals surface area contributed by atoms with Crippen molar-refractivity contribution >= 4 is 32.8 Å². The van der Waals surface area contributed by atoms with Crippen LogP contribution in [0.15, 0.2) is 77.4 Å². The van der Waals surface area contributed by atoms with Crippen molar-refractivity contribution in [2.24, 2.45) is 0 Å². The van der Waals surface area contributed by atoms with Crippen molar-refractivity contribution in [3.63, 3.8) is 0 Å². The lowest BCUT2D eigenvalue weighted by atomic mass is 10.1. The van der Waals surface area contributed by atoms with Crippen molar-refractivity contribution in [3.05, 3.63) is 88.8 Å². The number of fused-ring (bicyclic) bond motifs is 1. The Balaban J connectivity index is 1.47. The molecule has 3 atom stereocenters. The summed E-state index contributed by atoms with van der Waals surface area (Å²) in [4.78, 5) is 20.4. The zero-order valence-corrected chi connectivity index (χ0v) is 20.3. The number of carboxylic acid groups (broad SMARTS) is 1. The quantitative estimate of drug-likeness (QED) is 0.154.